The molecule has 8 heavy (non-hydrogen) atoms. The summed E-state index contributed by atoms with van der Waals surface area (Å²) in [5.74, 6) is 4.40. The van der Waals surface area contributed by atoms with Gasteiger partial charge in [0.15, 0.2) is 0 Å². The quantitative estimate of drug-likeness (QED) is 0.531. The molecule has 2 heteroatoms. The Kier molecular flexibility index (Phi) is 4.65. The largest absolute Gasteiger partial charge is 0.499 e. The third-order valence-electron chi connectivity index (χ3n) is 1.08. The smallest absolute Gasteiger partial charge is 0.454 e. The predicted molar refractivity (Wildman–Crippen MR) is 38.3 cm³/mol. The van der Waals surface area contributed by atoms with Crippen LogP contribution in [0.5, 0.6) is 0 Å². The summed E-state index contributed by atoms with van der Waals surface area (Å²) in [4.78, 5) is 0. The molecule has 0 saturated heterocycles. The summed E-state index contributed by atoms with van der Waals surface area (Å²) in [6.45, 7) is 4.29. The molecule has 0 N–H and O–H groups in total. The maximum atomic E-state index is 5.54. The van der Waals surface area contributed by atoms with Gasteiger partial charge in [-0.1, -0.05) is 18.5 Å². The molecule has 0 aliphatic heterocycles. The third kappa shape index (κ3) is 4.65. The number of hydrogen-bond acceptors (Lipinski definition) is 1. The van der Waals surface area contributed by atoms with Crippen molar-refractivity contribution in [2.75, 3.05) is 0 Å². The molecule has 48 valence electrons. The molecule has 0 aromatic rings. The van der Waals surface area contributed by atoms with Crippen molar-refractivity contribution in [1.82, 2.24) is 0 Å². The van der Waals surface area contributed by atoms with E-state index in [4.69, 9.17) is 3.79 Å². The molecule has 0 bridgehead atoms. The van der Waals surface area contributed by atoms with Crippen LogP contribution in [-0.4, -0.2) is 20.6 Å². The second-order valence-corrected chi connectivity index (χ2v) is 4.77. The van der Waals surface area contributed by atoms with E-state index in [-0.39, 0.29) is 0 Å². The second kappa shape index (κ2) is 4.38. The van der Waals surface area contributed by atoms with Crippen LogP contribution >= 0.6 is 0 Å². The highest BCUT2D eigenvalue weighted by Gasteiger charge is 2.06. The van der Waals surface area contributed by atoms with E-state index in [0.717, 1.165) is 6.42 Å². The monoisotopic (exact) mass is 130 g/mol. The molecule has 0 amide bonds. The van der Waals surface area contributed by atoms with Crippen molar-refractivity contribution in [1.29, 1.82) is 0 Å². The lowest BCUT2D eigenvalue weighted by molar-refractivity contribution is 0.221. The minimum absolute atomic E-state index is 0.488. The summed E-state index contributed by atoms with van der Waals surface area (Å²) in [5.41, 5.74) is 0. The van der Waals surface area contributed by atoms with E-state index in [9.17, 15) is 0 Å². The average molecular weight is 130 g/mol. The molecule has 1 unspecified atom stereocenters. The average Bonchev–Trinajstić information content (AvgIpc) is 1.65. The summed E-state index contributed by atoms with van der Waals surface area (Å²) in [6, 6.07) is 0. The van der Waals surface area contributed by atoms with Crippen molar-refractivity contribution >= 4 is 14.5 Å². The van der Waals surface area contributed by atoms with Crippen LogP contribution in [0, 0.1) is 0 Å². The van der Waals surface area contributed by atoms with Gasteiger partial charge in [0.05, 0.1) is 0 Å². The lowest BCUT2D eigenvalue weighted by Crippen LogP contribution is -2.16. The maximum absolute atomic E-state index is 5.54. The molecule has 0 radical (unpaired) electrons. The molecule has 0 aromatic carbocycles. The highest BCUT2D eigenvalue weighted by atomic mass is 27.2. The Labute approximate surface area is 56.8 Å². The highest BCUT2D eigenvalue weighted by Crippen LogP contribution is 1.97. The topological polar surface area (TPSA) is 9.23 Å². The van der Waals surface area contributed by atoms with Gasteiger partial charge in [0, 0.05) is 6.10 Å². The van der Waals surface area contributed by atoms with Crippen molar-refractivity contribution in [3.8, 4) is 0 Å². The minimum atomic E-state index is -0.746. The zero-order valence-corrected chi connectivity index (χ0v) is 7.42. The Morgan fingerprint density at radius 3 is 2.12 bits per heavy atom. The normalized spacial score (nSPS) is 13.5. The molecule has 0 rings (SSSR count). The Hall–Kier alpha value is 0.492. The molecule has 0 aromatic heterocycles. The Bertz CT molecular complexity index is 54.5. The van der Waals surface area contributed by atoms with E-state index >= 15 is 0 Å². The fraction of sp³-hybridized carbons (Fsp3) is 1.00. The van der Waals surface area contributed by atoms with E-state index in [1.807, 2.05) is 0 Å². The van der Waals surface area contributed by atoms with E-state index in [1.165, 1.54) is 0 Å². The van der Waals surface area contributed by atoms with Crippen LogP contribution in [0.2, 0.25) is 11.6 Å². The van der Waals surface area contributed by atoms with Gasteiger partial charge in [-0.3, -0.25) is 0 Å². The maximum Gasteiger partial charge on any atom is 0.454 e. The van der Waals surface area contributed by atoms with Gasteiger partial charge in [-0.25, -0.2) is 0 Å². The van der Waals surface area contributed by atoms with Gasteiger partial charge in [0.25, 0.3) is 0 Å². The van der Waals surface area contributed by atoms with Crippen LogP contribution in [0.25, 0.3) is 0 Å². The fourth-order valence-corrected chi connectivity index (χ4v) is 1.68. The van der Waals surface area contributed by atoms with E-state index in [1.54, 1.807) is 0 Å². The van der Waals surface area contributed by atoms with E-state index < -0.39 is 14.5 Å². The summed E-state index contributed by atoms with van der Waals surface area (Å²) in [5, 5.41) is 0. The molecular weight excluding hydrogens is 115 g/mol. The predicted octanol–water partition coefficient (Wildman–Crippen LogP) is 2.05. The first kappa shape index (κ1) is 8.49. The minimum Gasteiger partial charge on any atom is -0.499 e. The number of hydrogen-bond donors (Lipinski definition) is 0. The molecule has 0 aliphatic rings. The van der Waals surface area contributed by atoms with Gasteiger partial charge in [-0.05, 0) is 13.3 Å². The van der Waals surface area contributed by atoms with Crippen LogP contribution in [0.1, 0.15) is 20.3 Å². The standard InChI is InChI=1S/C4H9O.2CH3.Al/c1-3-4(2)5;;;/h4H,3H2,1-2H3;2*1H3;/q-1;;;+1. The van der Waals surface area contributed by atoms with Gasteiger partial charge in [0.2, 0.25) is 0 Å². The summed E-state index contributed by atoms with van der Waals surface area (Å²) >= 11 is -0.746. The Balaban J connectivity index is 3.10. The van der Waals surface area contributed by atoms with Gasteiger partial charge in [-0.15, -0.1) is 0 Å². The zero-order chi connectivity index (χ0) is 6.57. The first-order valence-corrected chi connectivity index (χ1v) is 6.10. The second-order valence-electron chi connectivity index (χ2n) is 2.40. The van der Waals surface area contributed by atoms with E-state index in [0.29, 0.717) is 6.10 Å². The van der Waals surface area contributed by atoms with Crippen molar-refractivity contribution in [2.24, 2.45) is 0 Å². The van der Waals surface area contributed by atoms with E-state index in [2.05, 4.69) is 25.4 Å². The van der Waals surface area contributed by atoms with Crippen molar-refractivity contribution in [3.63, 3.8) is 0 Å². The fourth-order valence-electron chi connectivity index (χ4n) is 0.561. The molecule has 0 spiro atoms. The van der Waals surface area contributed by atoms with Gasteiger partial charge in [-0.2, -0.15) is 0 Å². The lowest BCUT2D eigenvalue weighted by Gasteiger charge is -2.11. The van der Waals surface area contributed by atoms with Crippen LogP contribution in [-0.2, 0) is 3.79 Å². The Morgan fingerprint density at radius 2 is 2.00 bits per heavy atom. The number of rotatable bonds is 3. The lowest BCUT2D eigenvalue weighted by atomic mass is 10.3. The molecule has 1 atom stereocenters. The molecule has 0 aliphatic carbocycles. The molecule has 0 fully saturated rings. The molecule has 1 nitrogen and oxygen atoms in total. The first-order chi connectivity index (χ1) is 3.66. The Morgan fingerprint density at radius 1 is 1.50 bits per heavy atom. The van der Waals surface area contributed by atoms with Crippen molar-refractivity contribution in [2.45, 2.75) is 37.9 Å². The van der Waals surface area contributed by atoms with Crippen LogP contribution in [0.3, 0.4) is 0 Å². The van der Waals surface area contributed by atoms with Crippen molar-refractivity contribution in [3.05, 3.63) is 0 Å². The molecule has 0 heterocycles. The molecular formula is C6H15AlO. The zero-order valence-electron chi connectivity index (χ0n) is 6.27. The van der Waals surface area contributed by atoms with Gasteiger partial charge in [0.1, 0.15) is 0 Å². The summed E-state index contributed by atoms with van der Waals surface area (Å²) in [6.07, 6.45) is 1.63. The summed E-state index contributed by atoms with van der Waals surface area (Å²) < 4.78 is 5.54. The van der Waals surface area contributed by atoms with Crippen molar-refractivity contribution < 1.29 is 3.79 Å². The van der Waals surface area contributed by atoms with Crippen LogP contribution in [0.4, 0.5) is 0 Å². The summed E-state index contributed by atoms with van der Waals surface area (Å²) in [7, 11) is 0. The van der Waals surface area contributed by atoms with Gasteiger partial charge >= 0.3 is 14.5 Å². The van der Waals surface area contributed by atoms with Gasteiger partial charge < -0.3 is 3.79 Å². The molecule has 0 saturated carbocycles. The SMILES string of the molecule is CCC(C)[O][Al]([CH3])[CH3]. The first-order valence-electron chi connectivity index (χ1n) is 3.32. The van der Waals surface area contributed by atoms with Crippen LogP contribution < -0.4 is 0 Å². The van der Waals surface area contributed by atoms with Crippen LogP contribution in [0.15, 0.2) is 0 Å². The highest BCUT2D eigenvalue weighted by molar-refractivity contribution is 6.48. The third-order valence-corrected chi connectivity index (χ3v) is 2.09.